The van der Waals surface area contributed by atoms with Gasteiger partial charge in [0, 0.05) is 0 Å². The molecule has 0 aliphatic heterocycles. The van der Waals surface area contributed by atoms with Gasteiger partial charge in [0.05, 0.1) is 11.5 Å². The summed E-state index contributed by atoms with van der Waals surface area (Å²) in [5.74, 6) is -1.34. The number of ether oxygens (including phenoxy) is 1. The summed E-state index contributed by atoms with van der Waals surface area (Å²) >= 11 is 0. The molecule has 0 amide bonds. The van der Waals surface area contributed by atoms with Gasteiger partial charge in [-0.3, -0.25) is 4.79 Å². The van der Waals surface area contributed by atoms with Crippen LogP contribution in [0.5, 0.6) is 5.95 Å². The van der Waals surface area contributed by atoms with Crippen molar-refractivity contribution in [3.05, 3.63) is 40.3 Å². The Morgan fingerprint density at radius 1 is 1.17 bits per heavy atom. The van der Waals surface area contributed by atoms with E-state index in [1.807, 2.05) is 0 Å². The molecule has 0 spiro atoms. The maximum atomic E-state index is 12.9. The van der Waals surface area contributed by atoms with Gasteiger partial charge in [-0.2, -0.15) is 4.39 Å². The van der Waals surface area contributed by atoms with E-state index in [-0.39, 0.29) is 11.0 Å². The second-order valence-electron chi connectivity index (χ2n) is 3.37. The van der Waals surface area contributed by atoms with Crippen LogP contribution in [-0.4, -0.2) is 12.8 Å². The number of hydrogen-bond acceptors (Lipinski definition) is 3. The van der Waals surface area contributed by atoms with Gasteiger partial charge in [-0.05, 0) is 18.2 Å². The summed E-state index contributed by atoms with van der Waals surface area (Å²) in [6.45, 7) is 0. The van der Waals surface area contributed by atoms with Crippen LogP contribution in [0.15, 0.2) is 33.5 Å². The number of hydrogen-bond donors (Lipinski definition) is 0. The Kier molecular flexibility index (Phi) is 3.22. The Bertz CT molecular complexity index is 623. The number of benzene rings is 1. The zero-order valence-corrected chi connectivity index (χ0v) is 8.70. The summed E-state index contributed by atoms with van der Waals surface area (Å²) < 4.78 is 58.3. The van der Waals surface area contributed by atoms with Crippen LogP contribution in [-0.2, 0) is 0 Å². The first-order valence-corrected chi connectivity index (χ1v) is 4.79. The molecule has 96 valence electrons. The quantitative estimate of drug-likeness (QED) is 0.798. The summed E-state index contributed by atoms with van der Waals surface area (Å²) in [5, 5.41) is -0.0881. The molecule has 0 saturated heterocycles. The van der Waals surface area contributed by atoms with E-state index in [1.165, 1.54) is 0 Å². The highest BCUT2D eigenvalue weighted by Crippen LogP contribution is 2.20. The number of rotatable bonds is 3. The average molecular weight is 262 g/mol. The minimum atomic E-state index is -3.36. The van der Waals surface area contributed by atoms with Crippen molar-refractivity contribution >= 4 is 11.0 Å². The molecule has 1 atom stereocenters. The Labute approximate surface area is 97.6 Å². The topological polar surface area (TPSA) is 39.4 Å². The fourth-order valence-corrected chi connectivity index (χ4v) is 1.33. The van der Waals surface area contributed by atoms with Crippen LogP contribution in [0.4, 0.5) is 17.6 Å². The third kappa shape index (κ3) is 2.44. The molecule has 0 aliphatic carbocycles. The van der Waals surface area contributed by atoms with Crippen molar-refractivity contribution in [3.63, 3.8) is 0 Å². The summed E-state index contributed by atoms with van der Waals surface area (Å²) in [5.41, 5.74) is -0.799. The van der Waals surface area contributed by atoms with Gasteiger partial charge in [0.15, 0.2) is 5.43 Å². The molecule has 0 fully saturated rings. The summed E-state index contributed by atoms with van der Waals surface area (Å²) in [7, 11) is 0. The Morgan fingerprint density at radius 3 is 2.56 bits per heavy atom. The lowest BCUT2D eigenvalue weighted by molar-refractivity contribution is -0.0767. The smallest absolute Gasteiger partial charge is 0.304 e. The first-order valence-electron chi connectivity index (χ1n) is 4.79. The molecule has 0 bridgehead atoms. The Balaban J connectivity index is 2.43. The fraction of sp³-hybridized carbons (Fsp3) is 0.182. The van der Waals surface area contributed by atoms with Crippen LogP contribution in [0.2, 0.25) is 0 Å². The van der Waals surface area contributed by atoms with Crippen LogP contribution in [0.3, 0.4) is 0 Å². The lowest BCUT2D eigenvalue weighted by atomic mass is 10.2. The number of fused-ring (bicyclic) bond motifs is 1. The van der Waals surface area contributed by atoms with E-state index in [0.29, 0.717) is 6.07 Å². The van der Waals surface area contributed by atoms with E-state index in [4.69, 9.17) is 4.42 Å². The third-order valence-electron chi connectivity index (χ3n) is 2.09. The van der Waals surface area contributed by atoms with Gasteiger partial charge in [-0.1, -0.05) is 0 Å². The van der Waals surface area contributed by atoms with Gasteiger partial charge < -0.3 is 9.15 Å². The van der Waals surface area contributed by atoms with Crippen molar-refractivity contribution in [3.8, 4) is 5.95 Å². The average Bonchev–Trinajstić information content (AvgIpc) is 2.30. The number of alkyl halides is 3. The van der Waals surface area contributed by atoms with Crippen LogP contribution >= 0.6 is 0 Å². The summed E-state index contributed by atoms with van der Waals surface area (Å²) in [6, 6.07) is 3.73. The van der Waals surface area contributed by atoms with E-state index in [9.17, 15) is 22.4 Å². The van der Waals surface area contributed by atoms with Gasteiger partial charge in [0.2, 0.25) is 0 Å². The molecule has 7 heteroatoms. The molecular weight excluding hydrogens is 256 g/mol. The van der Waals surface area contributed by atoms with Crippen molar-refractivity contribution < 1.29 is 26.7 Å². The van der Waals surface area contributed by atoms with E-state index in [0.717, 1.165) is 18.2 Å². The molecule has 0 aliphatic rings. The molecule has 0 saturated carbocycles. The highest BCUT2D eigenvalue weighted by molar-refractivity contribution is 5.76. The molecule has 1 unspecified atom stereocenters. The highest BCUT2D eigenvalue weighted by Gasteiger charge is 2.22. The van der Waals surface area contributed by atoms with Crippen LogP contribution in [0.25, 0.3) is 11.0 Å². The first-order chi connectivity index (χ1) is 8.47. The zero-order valence-electron chi connectivity index (χ0n) is 8.70. The summed E-state index contributed by atoms with van der Waals surface area (Å²) in [4.78, 5) is 11.5. The maximum absolute atomic E-state index is 12.9. The second-order valence-corrected chi connectivity index (χ2v) is 3.37. The number of halogens is 4. The maximum Gasteiger partial charge on any atom is 0.304 e. The summed E-state index contributed by atoms with van der Waals surface area (Å²) in [6.07, 6.45) is -6.26. The van der Waals surface area contributed by atoms with Crippen LogP contribution in [0, 0.1) is 5.82 Å². The fourth-order valence-electron chi connectivity index (χ4n) is 1.33. The highest BCUT2D eigenvalue weighted by atomic mass is 19.3. The molecule has 0 radical (unpaired) electrons. The van der Waals surface area contributed by atoms with E-state index < -0.39 is 30.0 Å². The zero-order chi connectivity index (χ0) is 13.3. The minimum Gasteiger partial charge on any atom is -0.425 e. The van der Waals surface area contributed by atoms with E-state index >= 15 is 0 Å². The molecule has 1 aromatic carbocycles. The minimum absolute atomic E-state index is 0.0830. The first kappa shape index (κ1) is 12.4. The second kappa shape index (κ2) is 4.67. The molecule has 1 aromatic heterocycles. The van der Waals surface area contributed by atoms with Crippen molar-refractivity contribution in [2.75, 3.05) is 0 Å². The molecule has 1 heterocycles. The van der Waals surface area contributed by atoms with Crippen molar-refractivity contribution in [1.82, 2.24) is 0 Å². The van der Waals surface area contributed by atoms with Gasteiger partial charge in [-0.25, -0.2) is 13.2 Å². The molecule has 2 aromatic rings. The Hall–Kier alpha value is -2.05. The van der Waals surface area contributed by atoms with Gasteiger partial charge in [0.25, 0.3) is 5.95 Å². The van der Waals surface area contributed by atoms with Crippen LogP contribution < -0.4 is 10.2 Å². The van der Waals surface area contributed by atoms with E-state index in [2.05, 4.69) is 4.74 Å². The largest absolute Gasteiger partial charge is 0.425 e. The molecular formula is C11H6F4O3. The monoisotopic (exact) mass is 262 g/mol. The SMILES string of the molecule is O=c1cc(OC(F)C(F)F)oc2ccc(F)cc12. The van der Waals surface area contributed by atoms with Gasteiger partial charge in [-0.15, -0.1) is 0 Å². The van der Waals surface area contributed by atoms with Crippen molar-refractivity contribution in [2.45, 2.75) is 12.8 Å². The van der Waals surface area contributed by atoms with Crippen molar-refractivity contribution in [2.24, 2.45) is 0 Å². The molecule has 18 heavy (non-hydrogen) atoms. The normalized spacial score (nSPS) is 12.9. The lowest BCUT2D eigenvalue weighted by Crippen LogP contribution is -2.20. The Morgan fingerprint density at radius 2 is 1.89 bits per heavy atom. The molecule has 3 nitrogen and oxygen atoms in total. The van der Waals surface area contributed by atoms with Gasteiger partial charge in [0.1, 0.15) is 11.4 Å². The van der Waals surface area contributed by atoms with Crippen LogP contribution in [0.1, 0.15) is 0 Å². The van der Waals surface area contributed by atoms with E-state index in [1.54, 1.807) is 0 Å². The molecule has 2 rings (SSSR count). The third-order valence-corrected chi connectivity index (χ3v) is 2.09. The standard InChI is InChI=1S/C11H6F4O3/c12-5-1-2-8-6(3-5)7(16)4-9(17-8)18-11(15)10(13)14/h1-4,10-11H. The lowest BCUT2D eigenvalue weighted by Gasteiger charge is -2.09. The van der Waals surface area contributed by atoms with Gasteiger partial charge >= 0.3 is 12.8 Å². The van der Waals surface area contributed by atoms with Crippen molar-refractivity contribution in [1.29, 1.82) is 0 Å². The molecule has 0 N–H and O–H groups in total. The predicted octanol–water partition coefficient (Wildman–Crippen LogP) is 2.87. The predicted molar refractivity (Wildman–Crippen MR) is 54.0 cm³/mol.